The van der Waals surface area contributed by atoms with Crippen LogP contribution in [0.4, 0.5) is 0 Å². The van der Waals surface area contributed by atoms with Crippen LogP contribution in [-0.2, 0) is 11.4 Å². The van der Waals surface area contributed by atoms with Crippen molar-refractivity contribution in [2.24, 2.45) is 0 Å². The van der Waals surface area contributed by atoms with Gasteiger partial charge in [-0.15, -0.1) is 0 Å². The predicted octanol–water partition coefficient (Wildman–Crippen LogP) is 4.91. The van der Waals surface area contributed by atoms with Gasteiger partial charge < -0.3 is 10.1 Å². The average molecular weight is 572 g/mol. The molecule has 0 saturated carbocycles. The highest BCUT2D eigenvalue weighted by molar-refractivity contribution is 14.1. The number of ether oxygens (including phenoxy) is 1. The van der Waals surface area contributed by atoms with Crippen LogP contribution in [0, 0.1) is 18.5 Å². The van der Waals surface area contributed by atoms with Crippen LogP contribution < -0.4 is 10.1 Å². The van der Waals surface area contributed by atoms with Crippen molar-refractivity contribution in [1.29, 1.82) is 5.26 Å². The monoisotopic (exact) mass is 572 g/mol. The molecule has 6 heteroatoms. The second kappa shape index (κ2) is 9.92. The summed E-state index contributed by atoms with van der Waals surface area (Å²) in [5.74, 6) is 0.439. The fraction of sp³-hybridized carbons (Fsp3) is 0.200. The molecule has 0 radical (unpaired) electrons. The van der Waals surface area contributed by atoms with Gasteiger partial charge in [-0.2, -0.15) is 5.26 Å². The van der Waals surface area contributed by atoms with Gasteiger partial charge in [0, 0.05) is 6.04 Å². The lowest BCUT2D eigenvalue weighted by molar-refractivity contribution is -0.117. The molecule has 4 nitrogen and oxygen atoms in total. The molecule has 0 atom stereocenters. The number of hydrogen-bond acceptors (Lipinski definition) is 3. The van der Waals surface area contributed by atoms with Gasteiger partial charge in [-0.1, -0.05) is 30.3 Å². The Kier molecular flexibility index (Phi) is 7.90. The van der Waals surface area contributed by atoms with Crippen molar-refractivity contribution in [3.05, 3.63) is 66.3 Å². The van der Waals surface area contributed by atoms with E-state index >= 15 is 0 Å². The quantitative estimate of drug-likeness (QED) is 0.305. The molecule has 0 aliphatic carbocycles. The van der Waals surface area contributed by atoms with Crippen LogP contribution in [0.3, 0.4) is 0 Å². The number of carbonyl (C=O) groups excluding carboxylic acids is 1. The Morgan fingerprint density at radius 1 is 1.23 bits per heavy atom. The molecule has 0 heterocycles. The van der Waals surface area contributed by atoms with Gasteiger partial charge in [-0.05, 0) is 88.4 Å². The second-order valence-electron chi connectivity index (χ2n) is 5.89. The third-order valence-electron chi connectivity index (χ3n) is 3.34. The highest BCUT2D eigenvalue weighted by atomic mass is 127. The van der Waals surface area contributed by atoms with Crippen molar-refractivity contribution in [3.8, 4) is 11.8 Å². The standard InChI is InChI=1S/C20H18I2N2O2/c1-13(2)24-20(25)16(11-23)8-15-9-17(21)19(18(22)10-15)26-12-14-6-4-3-5-7-14/h3-10,13H,12H2,1-2H3,(H,24,25)/b16-8-. The number of amides is 1. The fourth-order valence-electron chi connectivity index (χ4n) is 2.19. The van der Waals surface area contributed by atoms with Gasteiger partial charge in [0.2, 0.25) is 0 Å². The van der Waals surface area contributed by atoms with Crippen LogP contribution in [-0.4, -0.2) is 11.9 Å². The molecule has 1 amide bonds. The molecule has 0 aromatic heterocycles. The Morgan fingerprint density at radius 3 is 2.38 bits per heavy atom. The van der Waals surface area contributed by atoms with Crippen LogP contribution in [0.5, 0.6) is 5.75 Å². The Hall–Kier alpha value is -1.60. The highest BCUT2D eigenvalue weighted by Gasteiger charge is 2.13. The maximum Gasteiger partial charge on any atom is 0.262 e. The number of carbonyl (C=O) groups is 1. The van der Waals surface area contributed by atoms with Gasteiger partial charge >= 0.3 is 0 Å². The first kappa shape index (κ1) is 20.7. The summed E-state index contributed by atoms with van der Waals surface area (Å²) in [7, 11) is 0. The van der Waals surface area contributed by atoms with E-state index in [2.05, 4.69) is 50.5 Å². The lowest BCUT2D eigenvalue weighted by Gasteiger charge is -2.12. The van der Waals surface area contributed by atoms with Gasteiger partial charge in [0.05, 0.1) is 7.14 Å². The molecular formula is C20H18I2N2O2. The smallest absolute Gasteiger partial charge is 0.262 e. The number of halogens is 2. The van der Waals surface area contributed by atoms with Gasteiger partial charge in [0.1, 0.15) is 24.0 Å². The first-order chi connectivity index (χ1) is 12.4. The summed E-state index contributed by atoms with van der Waals surface area (Å²) in [4.78, 5) is 12.1. The molecule has 2 aromatic rings. The molecule has 0 spiro atoms. The summed E-state index contributed by atoms with van der Waals surface area (Å²) in [5, 5.41) is 12.0. The fourth-order valence-corrected chi connectivity index (χ4v) is 4.31. The van der Waals surface area contributed by atoms with E-state index in [4.69, 9.17) is 4.74 Å². The predicted molar refractivity (Wildman–Crippen MR) is 120 cm³/mol. The topological polar surface area (TPSA) is 62.1 Å². The second-order valence-corrected chi connectivity index (χ2v) is 8.21. The van der Waals surface area contributed by atoms with E-state index in [9.17, 15) is 10.1 Å². The summed E-state index contributed by atoms with van der Waals surface area (Å²) < 4.78 is 7.82. The van der Waals surface area contributed by atoms with Crippen molar-refractivity contribution < 1.29 is 9.53 Å². The van der Waals surface area contributed by atoms with Crippen LogP contribution >= 0.6 is 45.2 Å². The van der Waals surface area contributed by atoms with Crippen LogP contribution in [0.25, 0.3) is 6.08 Å². The zero-order valence-electron chi connectivity index (χ0n) is 14.4. The van der Waals surface area contributed by atoms with Gasteiger partial charge in [0.25, 0.3) is 5.91 Å². The van der Waals surface area contributed by atoms with Crippen molar-refractivity contribution in [2.75, 3.05) is 0 Å². The molecule has 0 bridgehead atoms. The summed E-state index contributed by atoms with van der Waals surface area (Å²) in [6.07, 6.45) is 1.60. The average Bonchev–Trinajstić information content (AvgIpc) is 2.59. The van der Waals surface area contributed by atoms with Gasteiger partial charge in [0.15, 0.2) is 0 Å². The molecule has 2 aromatic carbocycles. The molecule has 26 heavy (non-hydrogen) atoms. The van der Waals surface area contributed by atoms with Gasteiger partial charge in [-0.3, -0.25) is 4.79 Å². The zero-order valence-corrected chi connectivity index (χ0v) is 18.7. The maximum absolute atomic E-state index is 12.1. The van der Waals surface area contributed by atoms with E-state index in [1.807, 2.05) is 62.4 Å². The number of nitrogens with one attached hydrogen (secondary N) is 1. The third-order valence-corrected chi connectivity index (χ3v) is 4.95. The van der Waals surface area contributed by atoms with Crippen molar-refractivity contribution in [1.82, 2.24) is 5.32 Å². The minimum Gasteiger partial charge on any atom is -0.487 e. The van der Waals surface area contributed by atoms with Crippen LogP contribution in [0.2, 0.25) is 0 Å². The van der Waals surface area contributed by atoms with Crippen molar-refractivity contribution >= 4 is 57.2 Å². The zero-order chi connectivity index (χ0) is 19.1. The first-order valence-electron chi connectivity index (χ1n) is 7.99. The van der Waals surface area contributed by atoms with E-state index in [1.165, 1.54) is 0 Å². The number of nitriles is 1. The highest BCUT2D eigenvalue weighted by Crippen LogP contribution is 2.30. The van der Waals surface area contributed by atoms with Gasteiger partial charge in [-0.25, -0.2) is 0 Å². The Labute approximate surface area is 180 Å². The Balaban J connectivity index is 2.21. The SMILES string of the molecule is CC(C)NC(=O)/C(C#N)=C\c1cc(I)c(OCc2ccccc2)c(I)c1. The molecule has 2 rings (SSSR count). The molecule has 134 valence electrons. The number of hydrogen-bond donors (Lipinski definition) is 1. The third kappa shape index (κ3) is 5.99. The lowest BCUT2D eigenvalue weighted by atomic mass is 10.1. The Bertz CT molecular complexity index is 833. The normalized spacial score (nSPS) is 11.2. The van der Waals surface area contributed by atoms with E-state index in [1.54, 1.807) is 6.08 Å². The summed E-state index contributed by atoms with van der Waals surface area (Å²) in [6.45, 7) is 4.21. The van der Waals surface area contributed by atoms with E-state index < -0.39 is 0 Å². The van der Waals surface area contributed by atoms with E-state index in [-0.39, 0.29) is 17.5 Å². The number of rotatable bonds is 6. The number of nitrogens with zero attached hydrogens (tertiary/aromatic N) is 1. The molecule has 0 aliphatic heterocycles. The first-order valence-corrected chi connectivity index (χ1v) is 10.1. The molecule has 0 saturated heterocycles. The molecular weight excluding hydrogens is 554 g/mol. The number of benzene rings is 2. The molecule has 0 unspecified atom stereocenters. The van der Waals surface area contributed by atoms with Crippen molar-refractivity contribution in [3.63, 3.8) is 0 Å². The lowest BCUT2D eigenvalue weighted by Crippen LogP contribution is -2.30. The summed E-state index contributed by atoms with van der Waals surface area (Å²) in [5.41, 5.74) is 1.98. The Morgan fingerprint density at radius 2 is 1.85 bits per heavy atom. The summed E-state index contributed by atoms with van der Waals surface area (Å²) >= 11 is 4.42. The minimum atomic E-state index is -0.364. The molecule has 0 fully saturated rings. The van der Waals surface area contributed by atoms with E-state index in [0.29, 0.717) is 6.61 Å². The largest absolute Gasteiger partial charge is 0.487 e. The van der Waals surface area contributed by atoms with E-state index in [0.717, 1.165) is 24.0 Å². The van der Waals surface area contributed by atoms with Crippen molar-refractivity contribution in [2.45, 2.75) is 26.5 Å². The molecule has 1 N–H and O–H groups in total. The maximum atomic E-state index is 12.1. The minimum absolute atomic E-state index is 0.0201. The van der Waals surface area contributed by atoms with Crippen LogP contribution in [0.15, 0.2) is 48.0 Å². The summed E-state index contributed by atoms with van der Waals surface area (Å²) in [6, 6.07) is 15.7. The molecule has 0 aliphatic rings. The van der Waals surface area contributed by atoms with Crippen LogP contribution in [0.1, 0.15) is 25.0 Å².